The number of alkyl halides is 1. The lowest BCUT2D eigenvalue weighted by atomic mass is 9.89. The van der Waals surface area contributed by atoms with Crippen LogP contribution in [0.15, 0.2) is 27.5 Å². The van der Waals surface area contributed by atoms with Crippen molar-refractivity contribution < 1.29 is 18.7 Å². The number of Topliss-reactive ketones (excluding diaryl/α,β-unsaturated/α-hetero) is 1. The highest BCUT2D eigenvalue weighted by atomic mass is 35.5. The Morgan fingerprint density at radius 2 is 1.80 bits per heavy atom. The van der Waals surface area contributed by atoms with Crippen molar-refractivity contribution in [2.24, 2.45) is 0 Å². The summed E-state index contributed by atoms with van der Waals surface area (Å²) in [5, 5.41) is 0.0452. The van der Waals surface area contributed by atoms with Gasteiger partial charge in [-0.1, -0.05) is 23.2 Å². The van der Waals surface area contributed by atoms with Crippen LogP contribution < -0.4 is 0 Å². The Morgan fingerprint density at radius 1 is 1.20 bits per heavy atom. The Bertz CT molecular complexity index is 705. The van der Waals surface area contributed by atoms with Crippen LogP contribution >= 0.6 is 23.2 Å². The maximum atomic E-state index is 13.2. The molecule has 0 bridgehead atoms. The van der Waals surface area contributed by atoms with Gasteiger partial charge < -0.3 is 23.7 Å². The molecule has 8 heteroatoms. The predicted octanol–water partition coefficient (Wildman–Crippen LogP) is 2.29. The van der Waals surface area contributed by atoms with Crippen molar-refractivity contribution in [2.75, 3.05) is 47.4 Å². The molecule has 0 aromatic carbocycles. The van der Waals surface area contributed by atoms with Gasteiger partial charge in [-0.15, -0.1) is 0 Å². The zero-order chi connectivity index (χ0) is 18.4. The van der Waals surface area contributed by atoms with Gasteiger partial charge in [0.15, 0.2) is 4.87 Å². The number of hydrogen-bond acceptors (Lipinski definition) is 6. The number of carbonyl (C=O) groups is 1. The molecule has 0 amide bonds. The highest BCUT2D eigenvalue weighted by molar-refractivity contribution is 6.52. The molecule has 0 spiro atoms. The number of rotatable bonds is 4. The van der Waals surface area contributed by atoms with E-state index in [1.807, 2.05) is 11.9 Å². The van der Waals surface area contributed by atoms with Crippen LogP contribution in [-0.2, 0) is 19.1 Å². The fourth-order valence-electron chi connectivity index (χ4n) is 3.69. The van der Waals surface area contributed by atoms with E-state index in [0.717, 1.165) is 13.1 Å². The number of hydrogen-bond donors (Lipinski definition) is 0. The van der Waals surface area contributed by atoms with Crippen LogP contribution in [0.5, 0.6) is 0 Å². The summed E-state index contributed by atoms with van der Waals surface area (Å²) in [4.78, 5) is 15.7. The Morgan fingerprint density at radius 3 is 2.28 bits per heavy atom. The van der Waals surface area contributed by atoms with E-state index in [1.54, 1.807) is 13.0 Å². The first-order valence-corrected chi connectivity index (χ1v) is 8.81. The molecule has 1 aliphatic heterocycles. The van der Waals surface area contributed by atoms with Crippen molar-refractivity contribution in [1.29, 1.82) is 0 Å². The zero-order valence-electron chi connectivity index (χ0n) is 14.8. The molecule has 1 aromatic rings. The fraction of sp³-hybridized carbons (Fsp3) is 0.588. The van der Waals surface area contributed by atoms with Crippen LogP contribution in [0, 0.1) is 6.92 Å². The quantitative estimate of drug-likeness (QED) is 0.582. The topological polar surface area (TPSA) is 55.2 Å². The molecule has 2 aliphatic rings. The first-order valence-electron chi connectivity index (χ1n) is 8.05. The van der Waals surface area contributed by atoms with E-state index in [4.69, 9.17) is 37.1 Å². The Hall–Kier alpha value is -1.05. The van der Waals surface area contributed by atoms with Gasteiger partial charge in [-0.3, -0.25) is 4.79 Å². The average molecular weight is 389 g/mol. The summed E-state index contributed by atoms with van der Waals surface area (Å²) in [6.07, 6.45) is 1.49. The first-order chi connectivity index (χ1) is 11.8. The molecular weight excluding hydrogens is 367 g/mol. The first kappa shape index (κ1) is 18.7. The van der Waals surface area contributed by atoms with Crippen LogP contribution in [0.1, 0.15) is 11.3 Å². The molecule has 3 rings (SSSR count). The van der Waals surface area contributed by atoms with Crippen LogP contribution in [0.3, 0.4) is 0 Å². The second kappa shape index (κ2) is 6.59. The van der Waals surface area contributed by atoms with E-state index in [-0.39, 0.29) is 5.03 Å². The lowest BCUT2D eigenvalue weighted by Crippen LogP contribution is -2.57. The largest absolute Gasteiger partial charge is 0.469 e. The minimum atomic E-state index is -1.65. The third-order valence-electron chi connectivity index (χ3n) is 5.11. The smallest absolute Gasteiger partial charge is 0.243 e. The monoisotopic (exact) mass is 388 g/mol. The molecule has 6 nitrogen and oxygen atoms in total. The highest BCUT2D eigenvalue weighted by Crippen LogP contribution is 2.56. The molecule has 1 unspecified atom stereocenters. The average Bonchev–Trinajstić information content (AvgIpc) is 3.11. The predicted molar refractivity (Wildman–Crippen MR) is 94.7 cm³/mol. The molecule has 1 aromatic heterocycles. The molecule has 0 N–H and O–H groups in total. The minimum Gasteiger partial charge on any atom is -0.469 e. The Balaban J connectivity index is 2.15. The number of nitrogens with zero attached hydrogens (tertiary/aromatic N) is 2. The van der Waals surface area contributed by atoms with Crippen molar-refractivity contribution in [3.8, 4) is 0 Å². The van der Waals surface area contributed by atoms with Crippen molar-refractivity contribution in [3.05, 3.63) is 34.4 Å². The number of likely N-dealkylation sites (N-methyl/N-ethyl adjacent to an activating group) is 1. The number of piperazine rings is 1. The molecule has 0 radical (unpaired) electrons. The van der Waals surface area contributed by atoms with Gasteiger partial charge in [0, 0.05) is 46.0 Å². The zero-order valence-corrected chi connectivity index (χ0v) is 16.3. The summed E-state index contributed by atoms with van der Waals surface area (Å²) in [5.41, 5.74) is 0.970. The van der Waals surface area contributed by atoms with Crippen LogP contribution in [-0.4, -0.2) is 68.8 Å². The molecule has 1 aliphatic carbocycles. The van der Waals surface area contributed by atoms with Crippen LogP contribution in [0.2, 0.25) is 0 Å². The van der Waals surface area contributed by atoms with E-state index in [0.29, 0.717) is 30.1 Å². The van der Waals surface area contributed by atoms with Crippen LogP contribution in [0.4, 0.5) is 0 Å². The summed E-state index contributed by atoms with van der Waals surface area (Å²) < 4.78 is 16.9. The summed E-state index contributed by atoms with van der Waals surface area (Å²) >= 11 is 13.4. The molecule has 138 valence electrons. The van der Waals surface area contributed by atoms with Gasteiger partial charge in [0.05, 0.1) is 12.0 Å². The molecule has 1 atom stereocenters. The lowest BCUT2D eigenvalue weighted by Gasteiger charge is -2.44. The number of allylic oxidation sites excluding steroid dienone is 1. The van der Waals surface area contributed by atoms with E-state index in [2.05, 4.69) is 4.90 Å². The Kier molecular flexibility index (Phi) is 4.94. The highest BCUT2D eigenvalue weighted by Gasteiger charge is 2.69. The van der Waals surface area contributed by atoms with E-state index in [1.165, 1.54) is 20.5 Å². The second-order valence-corrected chi connectivity index (χ2v) is 7.30. The molecule has 1 saturated heterocycles. The van der Waals surface area contributed by atoms with Crippen molar-refractivity contribution in [1.82, 2.24) is 9.80 Å². The van der Waals surface area contributed by atoms with E-state index < -0.39 is 16.4 Å². The summed E-state index contributed by atoms with van der Waals surface area (Å²) in [6, 6.07) is 1.66. The van der Waals surface area contributed by atoms with Gasteiger partial charge >= 0.3 is 0 Å². The number of aryl methyl sites for hydroxylation is 1. The Labute approximate surface area is 157 Å². The number of carbonyl (C=O) groups excluding carboxylic acids is 1. The van der Waals surface area contributed by atoms with Crippen molar-refractivity contribution in [3.63, 3.8) is 0 Å². The molecule has 0 saturated carbocycles. The fourth-order valence-corrected chi connectivity index (χ4v) is 4.66. The third-order valence-corrected chi connectivity index (χ3v) is 6.08. The molecule has 25 heavy (non-hydrogen) atoms. The van der Waals surface area contributed by atoms with Crippen LogP contribution in [0.25, 0.3) is 0 Å². The van der Waals surface area contributed by atoms with Gasteiger partial charge in [0.25, 0.3) is 0 Å². The summed E-state index contributed by atoms with van der Waals surface area (Å²) in [5.74, 6) is -1.46. The van der Waals surface area contributed by atoms with Crippen molar-refractivity contribution in [2.45, 2.75) is 17.6 Å². The number of furan rings is 1. The number of ketones is 1. The number of halogens is 2. The standard InChI is InChI=1S/C17H22Cl2N2O4/c1-11-12(5-10-25-11)16(19)15(22)13(18)14(17(16,23-3)24-4)21-8-6-20(2)7-9-21/h5,10H,6-9H2,1-4H3. The third kappa shape index (κ3) is 2.46. The minimum absolute atomic E-state index is 0.0452. The van der Waals surface area contributed by atoms with Crippen molar-refractivity contribution >= 4 is 29.0 Å². The van der Waals surface area contributed by atoms with Gasteiger partial charge in [-0.2, -0.15) is 0 Å². The lowest BCUT2D eigenvalue weighted by molar-refractivity contribution is -0.209. The van der Waals surface area contributed by atoms with E-state index in [9.17, 15) is 4.79 Å². The van der Waals surface area contributed by atoms with Gasteiger partial charge in [-0.25, -0.2) is 0 Å². The maximum absolute atomic E-state index is 13.2. The van der Waals surface area contributed by atoms with Gasteiger partial charge in [-0.05, 0) is 20.0 Å². The maximum Gasteiger partial charge on any atom is 0.243 e. The summed E-state index contributed by atoms with van der Waals surface area (Å²) in [6.45, 7) is 4.81. The number of ether oxygens (including phenoxy) is 2. The molecule has 1 fully saturated rings. The summed E-state index contributed by atoms with van der Waals surface area (Å²) in [7, 11) is 4.98. The SMILES string of the molecule is COC1(OC)C(N2CCN(C)CC2)=C(Cl)C(=O)C1(Cl)c1ccoc1C. The normalized spacial score (nSPS) is 27.4. The molecular formula is C17H22Cl2N2O4. The number of methoxy groups -OCH3 is 2. The van der Waals surface area contributed by atoms with Gasteiger partial charge in [0.2, 0.25) is 11.6 Å². The second-order valence-electron chi connectivity index (χ2n) is 6.36. The van der Waals surface area contributed by atoms with E-state index >= 15 is 0 Å². The van der Waals surface area contributed by atoms with Gasteiger partial charge in [0.1, 0.15) is 10.8 Å². The molecule has 2 heterocycles.